The Morgan fingerprint density at radius 3 is 2.70 bits per heavy atom. The van der Waals surface area contributed by atoms with Crippen molar-refractivity contribution in [3.05, 3.63) is 65.9 Å². The normalized spacial score (nSPS) is 18.8. The lowest BCUT2D eigenvalue weighted by Gasteiger charge is -2.38. The SMILES string of the molecule is CC1(C)CC(c2ccccc2)Nc2c(C(=O)Nc3ccc4c(c3)OCCO4)cnn21. The van der Waals surface area contributed by atoms with Crippen LogP contribution in [0.15, 0.2) is 54.7 Å². The van der Waals surface area contributed by atoms with Crippen LogP contribution in [-0.2, 0) is 5.54 Å². The summed E-state index contributed by atoms with van der Waals surface area (Å²) < 4.78 is 13.1. The van der Waals surface area contributed by atoms with Crippen LogP contribution in [0.25, 0.3) is 0 Å². The van der Waals surface area contributed by atoms with Gasteiger partial charge in [-0.3, -0.25) is 4.79 Å². The van der Waals surface area contributed by atoms with E-state index in [0.29, 0.717) is 36.0 Å². The van der Waals surface area contributed by atoms with Gasteiger partial charge in [0.25, 0.3) is 5.91 Å². The van der Waals surface area contributed by atoms with Crippen molar-refractivity contribution in [1.82, 2.24) is 9.78 Å². The van der Waals surface area contributed by atoms with Crippen LogP contribution in [0, 0.1) is 0 Å². The minimum Gasteiger partial charge on any atom is -0.486 e. The quantitative estimate of drug-likeness (QED) is 0.684. The molecule has 0 radical (unpaired) electrons. The largest absolute Gasteiger partial charge is 0.486 e. The molecule has 1 amide bonds. The number of hydrogen-bond acceptors (Lipinski definition) is 5. The molecule has 5 rings (SSSR count). The Balaban J connectivity index is 1.43. The summed E-state index contributed by atoms with van der Waals surface area (Å²) in [6.45, 7) is 5.32. The number of nitrogens with one attached hydrogen (secondary N) is 2. The summed E-state index contributed by atoms with van der Waals surface area (Å²) in [5.41, 5.74) is 2.13. The second-order valence-electron chi connectivity index (χ2n) is 8.26. The van der Waals surface area contributed by atoms with E-state index in [4.69, 9.17) is 9.47 Å². The fourth-order valence-electron chi connectivity index (χ4n) is 4.12. The molecule has 1 unspecified atom stereocenters. The van der Waals surface area contributed by atoms with Crippen LogP contribution in [0.1, 0.15) is 42.2 Å². The first-order chi connectivity index (χ1) is 14.5. The molecular formula is C23H24N4O3. The van der Waals surface area contributed by atoms with Crippen molar-refractivity contribution in [3.63, 3.8) is 0 Å². The van der Waals surface area contributed by atoms with Crippen molar-refractivity contribution in [2.75, 3.05) is 23.8 Å². The summed E-state index contributed by atoms with van der Waals surface area (Å²) in [7, 11) is 0. The summed E-state index contributed by atoms with van der Waals surface area (Å²) in [4.78, 5) is 13.1. The first-order valence-electron chi connectivity index (χ1n) is 10.1. The van der Waals surface area contributed by atoms with E-state index in [1.165, 1.54) is 5.56 Å². The number of benzene rings is 2. The van der Waals surface area contributed by atoms with Gasteiger partial charge in [0.15, 0.2) is 11.5 Å². The molecule has 3 heterocycles. The van der Waals surface area contributed by atoms with E-state index in [-0.39, 0.29) is 17.5 Å². The van der Waals surface area contributed by atoms with Gasteiger partial charge >= 0.3 is 0 Å². The van der Waals surface area contributed by atoms with Crippen LogP contribution in [0.5, 0.6) is 11.5 Å². The van der Waals surface area contributed by atoms with Gasteiger partial charge in [0.2, 0.25) is 0 Å². The third-order valence-electron chi connectivity index (χ3n) is 5.60. The van der Waals surface area contributed by atoms with Crippen molar-refractivity contribution < 1.29 is 14.3 Å². The summed E-state index contributed by atoms with van der Waals surface area (Å²) >= 11 is 0. The minimum atomic E-state index is -0.226. The Labute approximate surface area is 175 Å². The number of fused-ring (bicyclic) bond motifs is 2. The molecule has 0 spiro atoms. The van der Waals surface area contributed by atoms with Crippen molar-refractivity contribution in [2.45, 2.75) is 31.8 Å². The fourth-order valence-corrected chi connectivity index (χ4v) is 4.12. The number of rotatable bonds is 3. The number of ether oxygens (including phenoxy) is 2. The molecule has 1 atom stereocenters. The van der Waals surface area contributed by atoms with Crippen LogP contribution in [-0.4, -0.2) is 28.9 Å². The van der Waals surface area contributed by atoms with Gasteiger partial charge in [0.05, 0.1) is 17.8 Å². The Morgan fingerprint density at radius 1 is 1.13 bits per heavy atom. The van der Waals surface area contributed by atoms with E-state index in [2.05, 4.69) is 41.7 Å². The number of carbonyl (C=O) groups is 1. The highest BCUT2D eigenvalue weighted by Gasteiger charge is 2.36. The van der Waals surface area contributed by atoms with E-state index < -0.39 is 0 Å². The summed E-state index contributed by atoms with van der Waals surface area (Å²) in [5, 5.41) is 11.0. The summed E-state index contributed by atoms with van der Waals surface area (Å²) in [6, 6.07) is 15.8. The van der Waals surface area contributed by atoms with Gasteiger partial charge in [-0.2, -0.15) is 5.10 Å². The molecule has 2 aliphatic rings. The number of anilines is 2. The zero-order chi connectivity index (χ0) is 20.7. The van der Waals surface area contributed by atoms with E-state index in [1.807, 2.05) is 35.0 Å². The molecular weight excluding hydrogens is 380 g/mol. The topological polar surface area (TPSA) is 77.4 Å². The Hall–Kier alpha value is -3.48. The zero-order valence-corrected chi connectivity index (χ0v) is 17.0. The lowest BCUT2D eigenvalue weighted by atomic mass is 9.89. The maximum atomic E-state index is 13.1. The summed E-state index contributed by atoms with van der Waals surface area (Å²) in [6.07, 6.45) is 2.50. The van der Waals surface area contributed by atoms with Gasteiger partial charge in [-0.1, -0.05) is 30.3 Å². The number of carbonyl (C=O) groups excluding carboxylic acids is 1. The predicted molar refractivity (Wildman–Crippen MR) is 114 cm³/mol. The smallest absolute Gasteiger partial charge is 0.261 e. The lowest BCUT2D eigenvalue weighted by Crippen LogP contribution is -2.38. The molecule has 0 bridgehead atoms. The van der Waals surface area contributed by atoms with Gasteiger partial charge in [-0.05, 0) is 38.0 Å². The van der Waals surface area contributed by atoms with Crippen LogP contribution in [0.4, 0.5) is 11.5 Å². The summed E-state index contributed by atoms with van der Waals surface area (Å²) in [5.74, 6) is 1.84. The van der Waals surface area contributed by atoms with E-state index in [1.54, 1.807) is 12.3 Å². The van der Waals surface area contributed by atoms with Gasteiger partial charge in [-0.15, -0.1) is 0 Å². The molecule has 154 valence electrons. The molecule has 0 saturated carbocycles. The average Bonchev–Trinajstić information content (AvgIpc) is 3.19. The monoisotopic (exact) mass is 404 g/mol. The lowest BCUT2D eigenvalue weighted by molar-refractivity contribution is 0.102. The second kappa shape index (κ2) is 7.09. The molecule has 3 aromatic rings. The van der Waals surface area contributed by atoms with E-state index in [0.717, 1.165) is 12.2 Å². The fraction of sp³-hybridized carbons (Fsp3) is 0.304. The number of aromatic nitrogens is 2. The average molecular weight is 404 g/mol. The maximum absolute atomic E-state index is 13.1. The molecule has 7 heteroatoms. The van der Waals surface area contributed by atoms with Crippen molar-refractivity contribution >= 4 is 17.4 Å². The van der Waals surface area contributed by atoms with Crippen LogP contribution >= 0.6 is 0 Å². The van der Waals surface area contributed by atoms with Gasteiger partial charge in [0.1, 0.15) is 24.6 Å². The van der Waals surface area contributed by atoms with Gasteiger partial charge < -0.3 is 20.1 Å². The third kappa shape index (κ3) is 3.26. The predicted octanol–water partition coefficient (Wildman–Crippen LogP) is 4.20. The molecule has 30 heavy (non-hydrogen) atoms. The Kier molecular flexibility index (Phi) is 4.38. The zero-order valence-electron chi connectivity index (χ0n) is 17.0. The molecule has 2 aliphatic heterocycles. The van der Waals surface area contributed by atoms with Crippen molar-refractivity contribution in [2.24, 2.45) is 0 Å². The van der Waals surface area contributed by atoms with Gasteiger partial charge in [0, 0.05) is 11.8 Å². The van der Waals surface area contributed by atoms with Crippen molar-refractivity contribution in [3.8, 4) is 11.5 Å². The van der Waals surface area contributed by atoms with Crippen LogP contribution in [0.2, 0.25) is 0 Å². The maximum Gasteiger partial charge on any atom is 0.261 e. The van der Waals surface area contributed by atoms with Crippen LogP contribution < -0.4 is 20.1 Å². The Morgan fingerprint density at radius 2 is 1.90 bits per heavy atom. The highest BCUT2D eigenvalue weighted by atomic mass is 16.6. The minimum absolute atomic E-state index is 0.103. The second-order valence-corrected chi connectivity index (χ2v) is 8.26. The first kappa shape index (κ1) is 18.5. The number of nitrogens with zero attached hydrogens (tertiary/aromatic N) is 2. The Bertz CT molecular complexity index is 1090. The van der Waals surface area contributed by atoms with E-state index in [9.17, 15) is 4.79 Å². The third-order valence-corrected chi connectivity index (χ3v) is 5.60. The number of hydrogen-bond donors (Lipinski definition) is 2. The molecule has 0 saturated heterocycles. The molecule has 2 N–H and O–H groups in total. The first-order valence-corrected chi connectivity index (χ1v) is 10.1. The van der Waals surface area contributed by atoms with Crippen molar-refractivity contribution in [1.29, 1.82) is 0 Å². The highest BCUT2D eigenvalue weighted by molar-refractivity contribution is 6.07. The molecule has 1 aromatic heterocycles. The van der Waals surface area contributed by atoms with E-state index >= 15 is 0 Å². The molecule has 2 aromatic carbocycles. The standard InChI is InChI=1S/C23H24N4O3/c1-23(2)13-18(15-6-4-3-5-7-15)26-21-17(14-24-27(21)23)22(28)25-16-8-9-19-20(12-16)30-11-10-29-19/h3-9,12,14,18,26H,10-11,13H2,1-2H3,(H,25,28). The highest BCUT2D eigenvalue weighted by Crippen LogP contribution is 2.40. The number of amides is 1. The van der Waals surface area contributed by atoms with Gasteiger partial charge in [-0.25, -0.2) is 4.68 Å². The molecule has 7 nitrogen and oxygen atoms in total. The molecule has 0 fully saturated rings. The van der Waals surface area contributed by atoms with Crippen LogP contribution in [0.3, 0.4) is 0 Å². The molecule has 0 aliphatic carbocycles.